The maximum absolute atomic E-state index is 12.1. The molecule has 0 aliphatic rings. The Morgan fingerprint density at radius 3 is 2.28 bits per heavy atom. The van der Waals surface area contributed by atoms with E-state index in [1.165, 1.54) is 0 Å². The van der Waals surface area contributed by atoms with Gasteiger partial charge in [-0.1, -0.05) is 44.2 Å². The first-order valence-electron chi connectivity index (χ1n) is 10.9. The highest BCUT2D eigenvalue weighted by molar-refractivity contribution is 5.78. The summed E-state index contributed by atoms with van der Waals surface area (Å²) < 4.78 is 5.63. The van der Waals surface area contributed by atoms with E-state index in [2.05, 4.69) is 20.6 Å². The van der Waals surface area contributed by atoms with Crippen molar-refractivity contribution < 1.29 is 14.6 Å². The van der Waals surface area contributed by atoms with Gasteiger partial charge in [0, 0.05) is 37.6 Å². The normalized spacial score (nSPS) is 10.1. The summed E-state index contributed by atoms with van der Waals surface area (Å²) in [6.07, 6.45) is 3.60. The number of aromatic nitrogens is 2. The van der Waals surface area contributed by atoms with Gasteiger partial charge in [0.2, 0.25) is 5.91 Å². The van der Waals surface area contributed by atoms with Gasteiger partial charge >= 0.3 is 0 Å². The topological polar surface area (TPSA) is 96.4 Å². The monoisotopic (exact) mass is 436 g/mol. The van der Waals surface area contributed by atoms with Crippen LogP contribution in [0.4, 0.5) is 0 Å². The number of amides is 1. The second-order valence-electron chi connectivity index (χ2n) is 6.70. The van der Waals surface area contributed by atoms with Crippen LogP contribution in [0.3, 0.4) is 0 Å². The number of aliphatic hydroxyl groups is 1. The molecule has 7 nitrogen and oxygen atoms in total. The number of hydrogen-bond acceptors (Lipinski definition) is 6. The molecule has 0 saturated heterocycles. The summed E-state index contributed by atoms with van der Waals surface area (Å²) >= 11 is 0. The fourth-order valence-corrected chi connectivity index (χ4v) is 2.78. The molecule has 1 amide bonds. The number of nitrogens with one attached hydrogen (secondary N) is 2. The van der Waals surface area contributed by atoms with E-state index >= 15 is 0 Å². The van der Waals surface area contributed by atoms with E-state index in [0.717, 1.165) is 22.4 Å². The summed E-state index contributed by atoms with van der Waals surface area (Å²) in [5.41, 5.74) is 2.70. The Morgan fingerprint density at radius 1 is 0.938 bits per heavy atom. The van der Waals surface area contributed by atoms with Crippen LogP contribution in [-0.2, 0) is 17.8 Å². The van der Waals surface area contributed by atoms with Gasteiger partial charge in [-0.25, -0.2) is 9.97 Å². The molecule has 0 bridgehead atoms. The van der Waals surface area contributed by atoms with E-state index in [9.17, 15) is 4.79 Å². The number of ether oxygens (including phenoxy) is 1. The van der Waals surface area contributed by atoms with Crippen LogP contribution in [0.2, 0.25) is 0 Å². The Hall–Kier alpha value is -3.29. The van der Waals surface area contributed by atoms with Crippen molar-refractivity contribution in [3.05, 3.63) is 78.1 Å². The molecular formula is C25H32N4O3. The first-order valence-corrected chi connectivity index (χ1v) is 10.9. The fourth-order valence-electron chi connectivity index (χ4n) is 2.78. The number of aliphatic hydroxyl groups excluding tert-OH is 1. The zero-order valence-corrected chi connectivity index (χ0v) is 18.8. The molecule has 0 aliphatic carbocycles. The largest absolute Gasteiger partial charge is 0.492 e. The Labute approximate surface area is 189 Å². The lowest BCUT2D eigenvalue weighted by Crippen LogP contribution is -2.24. The van der Waals surface area contributed by atoms with Crippen LogP contribution in [0.1, 0.15) is 25.0 Å². The van der Waals surface area contributed by atoms with Crippen molar-refractivity contribution in [3.8, 4) is 17.1 Å². The summed E-state index contributed by atoms with van der Waals surface area (Å²) in [6.45, 7) is 6.38. The number of rotatable bonds is 11. The van der Waals surface area contributed by atoms with Gasteiger partial charge in [0.1, 0.15) is 12.4 Å². The van der Waals surface area contributed by atoms with Crippen molar-refractivity contribution in [2.75, 3.05) is 26.3 Å². The number of carbonyl (C=O) groups is 1. The van der Waals surface area contributed by atoms with Crippen LogP contribution in [0.25, 0.3) is 11.4 Å². The minimum absolute atomic E-state index is 0.0646. The lowest BCUT2D eigenvalue weighted by atomic mass is 10.2. The molecule has 2 aromatic carbocycles. The van der Waals surface area contributed by atoms with Crippen molar-refractivity contribution in [2.24, 2.45) is 0 Å². The molecule has 3 aromatic rings. The van der Waals surface area contributed by atoms with Crippen molar-refractivity contribution in [1.82, 2.24) is 20.6 Å². The number of hydrogen-bond donors (Lipinski definition) is 3. The van der Waals surface area contributed by atoms with Gasteiger partial charge in [-0.3, -0.25) is 4.79 Å². The number of nitrogens with zero attached hydrogens (tertiary/aromatic N) is 2. The summed E-state index contributed by atoms with van der Waals surface area (Å²) in [4.78, 5) is 20.9. The molecule has 170 valence electrons. The third-order valence-electron chi connectivity index (χ3n) is 4.35. The highest BCUT2D eigenvalue weighted by atomic mass is 16.5. The van der Waals surface area contributed by atoms with E-state index in [1.807, 2.05) is 68.4 Å². The van der Waals surface area contributed by atoms with E-state index in [1.54, 1.807) is 12.4 Å². The molecule has 0 spiro atoms. The fraction of sp³-hybridized carbons (Fsp3) is 0.320. The Kier molecular flexibility index (Phi) is 11.4. The molecule has 0 radical (unpaired) electrons. The highest BCUT2D eigenvalue weighted by Crippen LogP contribution is 2.19. The molecule has 7 heteroatoms. The summed E-state index contributed by atoms with van der Waals surface area (Å²) in [6, 6.07) is 17.3. The molecule has 0 fully saturated rings. The maximum atomic E-state index is 12.1. The molecule has 3 N–H and O–H groups in total. The highest BCUT2D eigenvalue weighted by Gasteiger charge is 2.06. The van der Waals surface area contributed by atoms with E-state index in [0.29, 0.717) is 32.1 Å². The van der Waals surface area contributed by atoms with E-state index in [-0.39, 0.29) is 18.9 Å². The lowest BCUT2D eigenvalue weighted by Gasteiger charge is -2.08. The van der Waals surface area contributed by atoms with Crippen LogP contribution < -0.4 is 15.4 Å². The van der Waals surface area contributed by atoms with Crippen molar-refractivity contribution in [2.45, 2.75) is 26.8 Å². The third kappa shape index (κ3) is 8.83. The molecule has 0 aliphatic heterocycles. The van der Waals surface area contributed by atoms with Crippen LogP contribution >= 0.6 is 0 Å². The Balaban J connectivity index is 0.00000176. The maximum Gasteiger partial charge on any atom is 0.224 e. The first kappa shape index (κ1) is 25.0. The van der Waals surface area contributed by atoms with Crippen LogP contribution in [0, 0.1) is 0 Å². The van der Waals surface area contributed by atoms with Crippen molar-refractivity contribution in [1.29, 1.82) is 0 Å². The van der Waals surface area contributed by atoms with Crippen LogP contribution in [0.5, 0.6) is 5.75 Å². The predicted octanol–water partition coefficient (Wildman–Crippen LogP) is 2.99. The molecule has 1 aromatic heterocycles. The van der Waals surface area contributed by atoms with Crippen molar-refractivity contribution in [3.63, 3.8) is 0 Å². The molecular weight excluding hydrogens is 404 g/mol. The standard InChI is InChI=1S/C23H26N4O3.C2H6/c28-12-10-24-11-13-30-21-8-6-20(7-9-21)23-26-16-19(17-27-23)14-22(29)25-15-18-4-2-1-3-5-18;1-2/h1-9,16-17,24,28H,10-15H2,(H,25,29);1-2H3. The van der Waals surface area contributed by atoms with Gasteiger partial charge in [0.05, 0.1) is 13.0 Å². The Bertz CT molecular complexity index is 901. The van der Waals surface area contributed by atoms with Gasteiger partial charge in [0.25, 0.3) is 0 Å². The second kappa shape index (κ2) is 14.7. The van der Waals surface area contributed by atoms with E-state index < -0.39 is 0 Å². The van der Waals surface area contributed by atoms with Gasteiger partial charge in [0.15, 0.2) is 5.82 Å². The molecule has 0 unspecified atom stereocenters. The average molecular weight is 437 g/mol. The molecule has 0 atom stereocenters. The Morgan fingerprint density at radius 2 is 1.62 bits per heavy atom. The minimum Gasteiger partial charge on any atom is -0.492 e. The van der Waals surface area contributed by atoms with Gasteiger partial charge < -0.3 is 20.5 Å². The predicted molar refractivity (Wildman–Crippen MR) is 126 cm³/mol. The first-order chi connectivity index (χ1) is 15.7. The van der Waals surface area contributed by atoms with Gasteiger partial charge in [-0.05, 0) is 35.4 Å². The molecule has 32 heavy (non-hydrogen) atoms. The van der Waals surface area contributed by atoms with E-state index in [4.69, 9.17) is 9.84 Å². The van der Waals surface area contributed by atoms with Crippen LogP contribution in [0.15, 0.2) is 67.0 Å². The lowest BCUT2D eigenvalue weighted by molar-refractivity contribution is -0.120. The van der Waals surface area contributed by atoms with Crippen LogP contribution in [-0.4, -0.2) is 47.3 Å². The van der Waals surface area contributed by atoms with Gasteiger partial charge in [-0.2, -0.15) is 0 Å². The van der Waals surface area contributed by atoms with Crippen molar-refractivity contribution >= 4 is 5.91 Å². The molecule has 3 rings (SSSR count). The average Bonchev–Trinajstić information content (AvgIpc) is 2.85. The summed E-state index contributed by atoms with van der Waals surface area (Å²) in [5.74, 6) is 1.29. The summed E-state index contributed by atoms with van der Waals surface area (Å²) in [7, 11) is 0. The van der Waals surface area contributed by atoms with Gasteiger partial charge in [-0.15, -0.1) is 0 Å². The molecule has 1 heterocycles. The second-order valence-corrected chi connectivity index (χ2v) is 6.70. The smallest absolute Gasteiger partial charge is 0.224 e. The number of benzene rings is 2. The zero-order valence-electron chi connectivity index (χ0n) is 18.8. The zero-order chi connectivity index (χ0) is 23.0. The number of carbonyl (C=O) groups excluding carboxylic acids is 1. The third-order valence-corrected chi connectivity index (χ3v) is 4.35. The summed E-state index contributed by atoms with van der Waals surface area (Å²) in [5, 5.41) is 14.7. The molecule has 0 saturated carbocycles. The quantitative estimate of drug-likeness (QED) is 0.400. The minimum atomic E-state index is -0.0646. The SMILES string of the molecule is CC.O=C(Cc1cnc(-c2ccc(OCCNCCO)cc2)nc1)NCc1ccccc1.